The lowest BCUT2D eigenvalue weighted by atomic mass is 9.83. The minimum atomic E-state index is -4.56. The van der Waals surface area contributed by atoms with Crippen LogP contribution in [0.2, 0.25) is 0 Å². The summed E-state index contributed by atoms with van der Waals surface area (Å²) in [5.41, 5.74) is 0.412. The number of likely N-dealkylation sites (tertiary alicyclic amines) is 1. The number of ether oxygens (including phenoxy) is 1. The third kappa shape index (κ3) is 3.61. The van der Waals surface area contributed by atoms with Crippen molar-refractivity contribution in [3.05, 3.63) is 53.0 Å². The van der Waals surface area contributed by atoms with Crippen LogP contribution < -0.4 is 5.32 Å². The van der Waals surface area contributed by atoms with Crippen LogP contribution in [0.4, 0.5) is 27.8 Å². The van der Waals surface area contributed by atoms with Crippen LogP contribution in [0.3, 0.4) is 0 Å². The number of aromatic nitrogens is 3. The molecule has 6 nitrogen and oxygen atoms in total. The number of hydrogen-bond donors (Lipinski definition) is 2. The second kappa shape index (κ2) is 7.88. The van der Waals surface area contributed by atoms with Gasteiger partial charge in [0.05, 0.1) is 24.6 Å². The molecule has 0 bridgehead atoms. The van der Waals surface area contributed by atoms with E-state index in [0.717, 1.165) is 19.2 Å². The first-order valence-electron chi connectivity index (χ1n) is 11.2. The van der Waals surface area contributed by atoms with Crippen molar-refractivity contribution in [3.63, 3.8) is 0 Å². The van der Waals surface area contributed by atoms with E-state index in [1.807, 2.05) is 0 Å². The Morgan fingerprint density at radius 3 is 2.50 bits per heavy atom. The third-order valence-corrected chi connectivity index (χ3v) is 7.37. The molecule has 11 heteroatoms. The molecular weight excluding hydrogens is 457 g/mol. The smallest absolute Gasteiger partial charge is 0.381 e. The van der Waals surface area contributed by atoms with Gasteiger partial charge in [-0.2, -0.15) is 13.2 Å². The van der Waals surface area contributed by atoms with E-state index in [1.54, 1.807) is 0 Å². The fourth-order valence-corrected chi connectivity index (χ4v) is 5.70. The van der Waals surface area contributed by atoms with E-state index in [0.29, 0.717) is 49.0 Å². The molecule has 2 saturated heterocycles. The number of nitrogens with one attached hydrogen (secondary N) is 2. The Hall–Kier alpha value is -2.79. The molecule has 0 amide bonds. The fourth-order valence-electron chi connectivity index (χ4n) is 5.70. The Balaban J connectivity index is 1.40. The van der Waals surface area contributed by atoms with Gasteiger partial charge in [0.2, 0.25) is 0 Å². The van der Waals surface area contributed by atoms with Gasteiger partial charge in [-0.25, -0.2) is 18.7 Å². The number of H-pyrrole nitrogens is 1. The number of benzene rings is 1. The summed E-state index contributed by atoms with van der Waals surface area (Å²) >= 11 is 0. The molecule has 34 heavy (non-hydrogen) atoms. The van der Waals surface area contributed by atoms with Gasteiger partial charge in [-0.3, -0.25) is 4.90 Å². The predicted molar refractivity (Wildman–Crippen MR) is 113 cm³/mol. The van der Waals surface area contributed by atoms with Crippen LogP contribution in [0.5, 0.6) is 0 Å². The fraction of sp³-hybridized carbons (Fsp3) is 0.478. The van der Waals surface area contributed by atoms with E-state index >= 15 is 0 Å². The van der Waals surface area contributed by atoms with Gasteiger partial charge in [-0.15, -0.1) is 0 Å². The molecule has 1 aliphatic carbocycles. The van der Waals surface area contributed by atoms with Crippen LogP contribution in [0.25, 0.3) is 11.0 Å². The highest BCUT2D eigenvalue weighted by atomic mass is 19.4. The molecule has 4 atom stereocenters. The molecule has 0 spiro atoms. The second-order valence-electron chi connectivity index (χ2n) is 9.37. The minimum absolute atomic E-state index is 0.0514. The average Bonchev–Trinajstić information content (AvgIpc) is 3.49. The number of fused-ring (bicyclic) bond motifs is 3. The van der Waals surface area contributed by atoms with E-state index < -0.39 is 29.5 Å². The van der Waals surface area contributed by atoms with E-state index in [2.05, 4.69) is 25.2 Å². The van der Waals surface area contributed by atoms with Crippen molar-refractivity contribution in [2.75, 3.05) is 31.6 Å². The molecule has 2 aliphatic heterocycles. The van der Waals surface area contributed by atoms with E-state index in [1.165, 1.54) is 18.5 Å². The summed E-state index contributed by atoms with van der Waals surface area (Å²) in [5, 5.41) is 3.47. The number of alkyl halides is 3. The lowest BCUT2D eigenvalue weighted by Crippen LogP contribution is -2.44. The van der Waals surface area contributed by atoms with E-state index in [9.17, 15) is 22.0 Å². The molecule has 2 fully saturated rings. The highest BCUT2D eigenvalue weighted by molar-refractivity contribution is 5.88. The second-order valence-corrected chi connectivity index (χ2v) is 9.37. The largest absolute Gasteiger partial charge is 0.431 e. The van der Waals surface area contributed by atoms with Crippen LogP contribution in [0, 0.1) is 23.5 Å². The Kier molecular flexibility index (Phi) is 5.03. The number of rotatable bonds is 3. The molecule has 0 saturated carbocycles. The summed E-state index contributed by atoms with van der Waals surface area (Å²) in [4.78, 5) is 12.8. The summed E-state index contributed by atoms with van der Waals surface area (Å²) in [6.45, 7) is 3.07. The van der Waals surface area contributed by atoms with Crippen molar-refractivity contribution in [1.82, 2.24) is 19.9 Å². The normalized spacial score (nSPS) is 27.2. The summed E-state index contributed by atoms with van der Waals surface area (Å²) < 4.78 is 73.7. The van der Waals surface area contributed by atoms with Crippen molar-refractivity contribution in [1.29, 1.82) is 0 Å². The molecule has 180 valence electrons. The Morgan fingerprint density at radius 2 is 1.76 bits per heavy atom. The maximum Gasteiger partial charge on any atom is 0.431 e. The topological polar surface area (TPSA) is 66.1 Å². The lowest BCUT2D eigenvalue weighted by molar-refractivity contribution is -0.140. The first kappa shape index (κ1) is 21.7. The first-order chi connectivity index (χ1) is 16.3. The van der Waals surface area contributed by atoms with Gasteiger partial charge < -0.3 is 15.0 Å². The average molecular weight is 479 g/mol. The minimum Gasteiger partial charge on any atom is -0.381 e. The number of aryl methyl sites for hydroxylation is 1. The molecule has 2 N–H and O–H groups in total. The molecule has 2 aromatic heterocycles. The van der Waals surface area contributed by atoms with Gasteiger partial charge in [-0.05, 0) is 42.2 Å². The predicted octanol–water partition coefficient (Wildman–Crippen LogP) is 4.30. The molecule has 0 radical (unpaired) electrons. The van der Waals surface area contributed by atoms with Crippen molar-refractivity contribution >= 4 is 16.9 Å². The molecule has 1 aromatic carbocycles. The Labute approximate surface area is 191 Å². The lowest BCUT2D eigenvalue weighted by Gasteiger charge is -2.40. The highest BCUT2D eigenvalue weighted by Crippen LogP contribution is 2.41. The molecule has 4 unspecified atom stereocenters. The zero-order chi connectivity index (χ0) is 23.6. The molecule has 4 heterocycles. The zero-order valence-corrected chi connectivity index (χ0v) is 18.0. The highest BCUT2D eigenvalue weighted by Gasteiger charge is 2.44. The maximum atomic E-state index is 14.3. The SMILES string of the molecule is Fc1cc2c(cc1F)C(Nc1ncnc3[nH]c(C(F)(F)F)cc13)C(N1CC3COCC3C1)CC2. The quantitative estimate of drug-likeness (QED) is 0.549. The van der Waals surface area contributed by atoms with Crippen molar-refractivity contribution in [3.8, 4) is 0 Å². The van der Waals surface area contributed by atoms with Gasteiger partial charge >= 0.3 is 6.18 Å². The van der Waals surface area contributed by atoms with Crippen LogP contribution in [0.1, 0.15) is 29.3 Å². The van der Waals surface area contributed by atoms with Crippen LogP contribution in [-0.2, 0) is 17.3 Å². The monoisotopic (exact) mass is 479 g/mol. The Morgan fingerprint density at radius 1 is 1.03 bits per heavy atom. The molecule has 6 rings (SSSR count). The van der Waals surface area contributed by atoms with Crippen LogP contribution in [-0.4, -0.2) is 52.2 Å². The van der Waals surface area contributed by atoms with E-state index in [-0.39, 0.29) is 22.9 Å². The third-order valence-electron chi connectivity index (χ3n) is 7.37. The van der Waals surface area contributed by atoms with Crippen molar-refractivity contribution in [2.45, 2.75) is 31.1 Å². The van der Waals surface area contributed by atoms with Gasteiger partial charge in [-0.1, -0.05) is 0 Å². The van der Waals surface area contributed by atoms with Crippen LogP contribution in [0.15, 0.2) is 24.5 Å². The zero-order valence-electron chi connectivity index (χ0n) is 18.0. The van der Waals surface area contributed by atoms with Gasteiger partial charge in [0.15, 0.2) is 11.6 Å². The van der Waals surface area contributed by atoms with Crippen molar-refractivity contribution in [2.24, 2.45) is 11.8 Å². The molecule has 3 aliphatic rings. The van der Waals surface area contributed by atoms with E-state index in [4.69, 9.17) is 4.74 Å². The summed E-state index contributed by atoms with van der Waals surface area (Å²) in [6.07, 6.45) is -2.10. The summed E-state index contributed by atoms with van der Waals surface area (Å²) in [5.74, 6) is -0.791. The van der Waals surface area contributed by atoms with Gasteiger partial charge in [0.25, 0.3) is 0 Å². The number of nitrogens with zero attached hydrogens (tertiary/aromatic N) is 3. The standard InChI is InChI=1S/C23H22F5N5O/c24-16-3-11-1-2-18(33-6-12-8-34-9-13(12)7-33)20(14(11)4-17(16)25)32-22-15-5-19(23(26,27)28)31-21(15)29-10-30-22/h3-5,10,12-13,18,20H,1-2,6-9H2,(H2,29,30,31,32). The van der Waals surface area contributed by atoms with Crippen LogP contribution >= 0.6 is 0 Å². The maximum absolute atomic E-state index is 14.3. The number of anilines is 1. The summed E-state index contributed by atoms with van der Waals surface area (Å²) in [7, 11) is 0. The molecular formula is C23H22F5N5O. The van der Waals surface area contributed by atoms with Crippen molar-refractivity contribution < 1.29 is 26.7 Å². The van der Waals surface area contributed by atoms with Gasteiger partial charge in [0, 0.05) is 31.0 Å². The first-order valence-corrected chi connectivity index (χ1v) is 11.2. The number of hydrogen-bond acceptors (Lipinski definition) is 5. The molecule has 3 aromatic rings. The van der Waals surface area contributed by atoms with Gasteiger partial charge in [0.1, 0.15) is 23.5 Å². The number of halogens is 5. The Bertz CT molecular complexity index is 1230. The number of aromatic amines is 1. The summed E-state index contributed by atoms with van der Waals surface area (Å²) in [6, 6.07) is 2.84.